The van der Waals surface area contributed by atoms with Gasteiger partial charge in [-0.2, -0.15) is 0 Å². The number of carbonyl (C=O) groups excluding carboxylic acids is 1. The average molecular weight is 305 g/mol. The zero-order chi connectivity index (χ0) is 12.1. The van der Waals surface area contributed by atoms with Gasteiger partial charge in [0.15, 0.2) is 0 Å². The predicted molar refractivity (Wildman–Crippen MR) is 71.0 cm³/mol. The molecule has 1 unspecified atom stereocenters. The van der Waals surface area contributed by atoms with Crippen LogP contribution in [0.15, 0.2) is 28.7 Å². The fourth-order valence-corrected chi connectivity index (χ4v) is 1.87. The van der Waals surface area contributed by atoms with E-state index in [4.69, 9.17) is 11.6 Å². The fraction of sp³-hybridized carbons (Fsp3) is 0.417. The van der Waals surface area contributed by atoms with Gasteiger partial charge in [0.05, 0.1) is 5.56 Å². The normalized spacial score (nSPS) is 12.2. The van der Waals surface area contributed by atoms with Crippen LogP contribution in [0.5, 0.6) is 0 Å². The van der Waals surface area contributed by atoms with E-state index in [0.717, 1.165) is 10.9 Å². The summed E-state index contributed by atoms with van der Waals surface area (Å²) in [5.41, 5.74) is 0.687. The zero-order valence-electron chi connectivity index (χ0n) is 9.41. The minimum atomic E-state index is 0.0183. The molecule has 88 valence electrons. The van der Waals surface area contributed by atoms with Crippen molar-refractivity contribution in [3.63, 3.8) is 0 Å². The molecule has 1 rings (SSSR count). The van der Waals surface area contributed by atoms with E-state index in [2.05, 4.69) is 15.9 Å². The van der Waals surface area contributed by atoms with Crippen LogP contribution >= 0.6 is 27.5 Å². The van der Waals surface area contributed by atoms with Crippen LogP contribution in [0.2, 0.25) is 0 Å². The molecule has 0 saturated heterocycles. The van der Waals surface area contributed by atoms with Gasteiger partial charge in [-0.1, -0.05) is 12.1 Å². The highest BCUT2D eigenvalue weighted by Gasteiger charge is 2.14. The summed E-state index contributed by atoms with van der Waals surface area (Å²) in [6.07, 6.45) is 0.800. The van der Waals surface area contributed by atoms with Crippen molar-refractivity contribution >= 4 is 33.4 Å². The predicted octanol–water partition coefficient (Wildman–Crippen LogP) is 3.54. The summed E-state index contributed by atoms with van der Waals surface area (Å²) in [6.45, 7) is 2.60. The first-order valence-corrected chi connectivity index (χ1v) is 6.39. The quantitative estimate of drug-likeness (QED) is 0.779. The van der Waals surface area contributed by atoms with Crippen molar-refractivity contribution in [2.75, 3.05) is 13.6 Å². The van der Waals surface area contributed by atoms with Crippen molar-refractivity contribution in [1.82, 2.24) is 4.90 Å². The lowest BCUT2D eigenvalue weighted by molar-refractivity contribution is 0.0793. The summed E-state index contributed by atoms with van der Waals surface area (Å²) in [6, 6.07) is 7.43. The molecule has 0 bridgehead atoms. The van der Waals surface area contributed by atoms with Gasteiger partial charge in [-0.05, 0) is 41.4 Å². The molecule has 1 atom stereocenters. The van der Waals surface area contributed by atoms with Gasteiger partial charge in [-0.3, -0.25) is 4.79 Å². The van der Waals surface area contributed by atoms with Gasteiger partial charge in [0.25, 0.3) is 5.91 Å². The lowest BCUT2D eigenvalue weighted by atomic mass is 10.2. The Bertz CT molecular complexity index is 368. The summed E-state index contributed by atoms with van der Waals surface area (Å²) >= 11 is 9.23. The number of benzene rings is 1. The topological polar surface area (TPSA) is 20.3 Å². The SMILES string of the molecule is CC(Cl)CCN(C)C(=O)c1ccccc1Br. The average Bonchev–Trinajstić information content (AvgIpc) is 2.25. The molecular weight excluding hydrogens is 289 g/mol. The van der Waals surface area contributed by atoms with Crippen molar-refractivity contribution in [2.24, 2.45) is 0 Å². The van der Waals surface area contributed by atoms with Crippen LogP contribution in [0, 0.1) is 0 Å². The standard InChI is InChI=1S/C12H15BrClNO/c1-9(14)7-8-15(2)12(16)10-5-3-4-6-11(10)13/h3-6,9H,7-8H2,1-2H3. The first-order chi connectivity index (χ1) is 7.52. The molecule has 0 N–H and O–H groups in total. The van der Waals surface area contributed by atoms with Crippen LogP contribution in [0.4, 0.5) is 0 Å². The molecule has 0 fully saturated rings. The van der Waals surface area contributed by atoms with E-state index in [1.54, 1.807) is 11.9 Å². The molecule has 0 saturated carbocycles. The van der Waals surface area contributed by atoms with Crippen LogP contribution in [-0.2, 0) is 0 Å². The second-order valence-electron chi connectivity index (χ2n) is 3.78. The largest absolute Gasteiger partial charge is 0.342 e. The Balaban J connectivity index is 2.67. The first kappa shape index (κ1) is 13.5. The Kier molecular flexibility index (Phi) is 5.29. The van der Waals surface area contributed by atoms with Gasteiger partial charge in [0.1, 0.15) is 0 Å². The Labute approximate surface area is 110 Å². The maximum atomic E-state index is 12.0. The van der Waals surface area contributed by atoms with Gasteiger partial charge < -0.3 is 4.90 Å². The van der Waals surface area contributed by atoms with Gasteiger partial charge >= 0.3 is 0 Å². The molecule has 1 aromatic rings. The Hall–Kier alpha value is -0.540. The molecule has 1 aromatic carbocycles. The van der Waals surface area contributed by atoms with Gasteiger partial charge in [-0.25, -0.2) is 0 Å². The third-order valence-corrected chi connectivity index (χ3v) is 3.22. The number of nitrogens with zero attached hydrogens (tertiary/aromatic N) is 1. The van der Waals surface area contributed by atoms with E-state index in [-0.39, 0.29) is 11.3 Å². The molecule has 0 heterocycles. The Morgan fingerprint density at radius 2 is 2.12 bits per heavy atom. The van der Waals surface area contributed by atoms with Crippen LogP contribution in [0.3, 0.4) is 0 Å². The van der Waals surface area contributed by atoms with Gasteiger partial charge in [0.2, 0.25) is 0 Å². The van der Waals surface area contributed by atoms with E-state index in [1.165, 1.54) is 0 Å². The molecule has 4 heteroatoms. The summed E-state index contributed by atoms with van der Waals surface area (Å²) in [4.78, 5) is 13.7. The van der Waals surface area contributed by atoms with Crippen LogP contribution < -0.4 is 0 Å². The van der Waals surface area contributed by atoms with Crippen LogP contribution in [-0.4, -0.2) is 29.8 Å². The third kappa shape index (κ3) is 3.80. The molecule has 0 aliphatic carbocycles. The minimum absolute atomic E-state index is 0.0183. The number of carbonyl (C=O) groups is 1. The maximum absolute atomic E-state index is 12.0. The first-order valence-electron chi connectivity index (χ1n) is 5.16. The highest BCUT2D eigenvalue weighted by atomic mass is 79.9. The number of alkyl halides is 1. The Morgan fingerprint density at radius 1 is 1.50 bits per heavy atom. The Morgan fingerprint density at radius 3 is 2.69 bits per heavy atom. The number of rotatable bonds is 4. The van der Waals surface area contributed by atoms with E-state index in [0.29, 0.717) is 12.1 Å². The molecule has 0 aliphatic heterocycles. The second-order valence-corrected chi connectivity index (χ2v) is 5.38. The minimum Gasteiger partial charge on any atom is -0.342 e. The molecule has 0 aromatic heterocycles. The second kappa shape index (κ2) is 6.26. The van der Waals surface area contributed by atoms with Crippen LogP contribution in [0.25, 0.3) is 0 Å². The lowest BCUT2D eigenvalue weighted by Crippen LogP contribution is -2.29. The maximum Gasteiger partial charge on any atom is 0.254 e. The lowest BCUT2D eigenvalue weighted by Gasteiger charge is -2.18. The molecule has 2 nitrogen and oxygen atoms in total. The van der Waals surface area contributed by atoms with Crippen LogP contribution in [0.1, 0.15) is 23.7 Å². The van der Waals surface area contributed by atoms with Crippen molar-refractivity contribution < 1.29 is 4.79 Å². The zero-order valence-corrected chi connectivity index (χ0v) is 11.8. The number of halogens is 2. The van der Waals surface area contributed by atoms with Gasteiger partial charge in [0, 0.05) is 23.4 Å². The summed E-state index contributed by atoms with van der Waals surface area (Å²) < 4.78 is 0.825. The van der Waals surface area contributed by atoms with Gasteiger partial charge in [-0.15, -0.1) is 11.6 Å². The van der Waals surface area contributed by atoms with E-state index in [9.17, 15) is 4.79 Å². The fourth-order valence-electron chi connectivity index (χ4n) is 1.31. The summed E-state index contributed by atoms with van der Waals surface area (Å²) in [5, 5.41) is 0.0921. The molecule has 1 amide bonds. The number of hydrogen-bond acceptors (Lipinski definition) is 1. The number of amides is 1. The molecule has 16 heavy (non-hydrogen) atoms. The van der Waals surface area contributed by atoms with Crippen molar-refractivity contribution in [1.29, 1.82) is 0 Å². The van der Waals surface area contributed by atoms with Crippen molar-refractivity contribution in [3.05, 3.63) is 34.3 Å². The molecule has 0 radical (unpaired) electrons. The van der Waals surface area contributed by atoms with E-state index in [1.807, 2.05) is 31.2 Å². The van der Waals surface area contributed by atoms with Crippen molar-refractivity contribution in [2.45, 2.75) is 18.7 Å². The van der Waals surface area contributed by atoms with E-state index < -0.39 is 0 Å². The summed E-state index contributed by atoms with van der Waals surface area (Å²) in [5.74, 6) is 0.0183. The number of hydrogen-bond donors (Lipinski definition) is 0. The summed E-state index contributed by atoms with van der Waals surface area (Å²) in [7, 11) is 1.79. The highest BCUT2D eigenvalue weighted by Crippen LogP contribution is 2.17. The molecule has 0 aliphatic rings. The molecular formula is C12H15BrClNO. The monoisotopic (exact) mass is 303 g/mol. The smallest absolute Gasteiger partial charge is 0.254 e. The third-order valence-electron chi connectivity index (χ3n) is 2.31. The van der Waals surface area contributed by atoms with E-state index >= 15 is 0 Å². The molecule has 0 spiro atoms. The highest BCUT2D eigenvalue weighted by molar-refractivity contribution is 9.10. The van der Waals surface area contributed by atoms with Crippen molar-refractivity contribution in [3.8, 4) is 0 Å².